The number of ether oxygens (including phenoxy) is 2. The van der Waals surface area contributed by atoms with Gasteiger partial charge in [-0.05, 0) is 25.0 Å². The van der Waals surface area contributed by atoms with E-state index in [-0.39, 0.29) is 16.7 Å². The molecule has 0 saturated carbocycles. The van der Waals surface area contributed by atoms with E-state index in [2.05, 4.69) is 0 Å². The largest absolute Gasteiger partial charge is 0.495 e. The Balaban J connectivity index is 2.24. The van der Waals surface area contributed by atoms with Crippen molar-refractivity contribution in [3.8, 4) is 5.75 Å². The Bertz CT molecular complexity index is 568. The van der Waals surface area contributed by atoms with E-state index in [1.165, 1.54) is 23.5 Å². The lowest BCUT2D eigenvalue weighted by Gasteiger charge is -2.21. The van der Waals surface area contributed by atoms with Crippen molar-refractivity contribution in [2.24, 2.45) is 0 Å². The first-order chi connectivity index (χ1) is 9.45. The van der Waals surface area contributed by atoms with Crippen LogP contribution in [0.2, 0.25) is 0 Å². The zero-order valence-corrected chi connectivity index (χ0v) is 12.5. The van der Waals surface area contributed by atoms with Gasteiger partial charge in [0, 0.05) is 32.0 Å². The maximum Gasteiger partial charge on any atom is 0.246 e. The summed E-state index contributed by atoms with van der Waals surface area (Å²) >= 11 is 0. The van der Waals surface area contributed by atoms with Gasteiger partial charge in [0.1, 0.15) is 10.6 Å². The average molecular weight is 300 g/mol. The molecule has 1 fully saturated rings. The molecule has 20 heavy (non-hydrogen) atoms. The van der Waals surface area contributed by atoms with Crippen molar-refractivity contribution in [1.82, 2.24) is 4.31 Å². The summed E-state index contributed by atoms with van der Waals surface area (Å²) in [6, 6.07) is 4.53. The molecule has 0 bridgehead atoms. The van der Waals surface area contributed by atoms with Crippen molar-refractivity contribution in [3.05, 3.63) is 18.2 Å². The van der Waals surface area contributed by atoms with E-state index in [1.54, 1.807) is 13.1 Å². The van der Waals surface area contributed by atoms with E-state index in [1.807, 2.05) is 0 Å². The third-order valence-corrected chi connectivity index (χ3v) is 5.22. The number of likely N-dealkylation sites (N-methyl/N-ethyl adjacent to an activating group) is 1. The topological polar surface area (TPSA) is 81.9 Å². The highest BCUT2D eigenvalue weighted by atomic mass is 32.2. The monoisotopic (exact) mass is 300 g/mol. The van der Waals surface area contributed by atoms with E-state index >= 15 is 0 Å². The van der Waals surface area contributed by atoms with Crippen LogP contribution in [-0.4, -0.2) is 46.1 Å². The standard InChI is InChI=1S/C13H20N2O4S/c1-15(9-11-4-3-7-19-11)20(16,17)13-6-5-10(14)8-12(13)18-2/h5-6,8,11H,3-4,7,9,14H2,1-2H3. The van der Waals surface area contributed by atoms with Crippen molar-refractivity contribution in [2.75, 3.05) is 33.0 Å². The zero-order chi connectivity index (χ0) is 14.8. The predicted molar refractivity (Wildman–Crippen MR) is 76.2 cm³/mol. The average Bonchev–Trinajstić information content (AvgIpc) is 2.91. The maximum atomic E-state index is 12.6. The minimum absolute atomic E-state index is 0.0328. The number of nitrogens with two attached hydrogens (primary N) is 1. The lowest BCUT2D eigenvalue weighted by atomic mass is 10.2. The summed E-state index contributed by atoms with van der Waals surface area (Å²) in [5, 5.41) is 0. The third-order valence-electron chi connectivity index (χ3n) is 3.36. The molecule has 1 heterocycles. The van der Waals surface area contributed by atoms with Gasteiger partial charge in [0.15, 0.2) is 0 Å². The van der Waals surface area contributed by atoms with Crippen LogP contribution in [0.1, 0.15) is 12.8 Å². The lowest BCUT2D eigenvalue weighted by Crippen LogP contribution is -2.34. The molecular weight excluding hydrogens is 280 g/mol. The van der Waals surface area contributed by atoms with E-state index in [0.29, 0.717) is 18.8 Å². The second kappa shape index (κ2) is 5.99. The van der Waals surface area contributed by atoms with Gasteiger partial charge in [-0.25, -0.2) is 8.42 Å². The minimum Gasteiger partial charge on any atom is -0.495 e. The number of rotatable bonds is 5. The molecule has 1 aromatic carbocycles. The van der Waals surface area contributed by atoms with Crippen molar-refractivity contribution >= 4 is 15.7 Å². The van der Waals surface area contributed by atoms with E-state index < -0.39 is 10.0 Å². The number of nitrogen functional groups attached to an aromatic ring is 1. The highest BCUT2D eigenvalue weighted by molar-refractivity contribution is 7.89. The molecule has 0 spiro atoms. The van der Waals surface area contributed by atoms with Gasteiger partial charge in [0.25, 0.3) is 0 Å². The normalized spacial score (nSPS) is 19.4. The van der Waals surface area contributed by atoms with Crippen LogP contribution >= 0.6 is 0 Å². The van der Waals surface area contributed by atoms with Crippen molar-refractivity contribution in [1.29, 1.82) is 0 Å². The number of nitrogens with zero attached hydrogens (tertiary/aromatic N) is 1. The molecule has 1 atom stereocenters. The summed E-state index contributed by atoms with van der Waals surface area (Å²) in [4.78, 5) is 0.120. The first kappa shape index (κ1) is 15.1. The van der Waals surface area contributed by atoms with Gasteiger partial charge in [-0.2, -0.15) is 4.31 Å². The van der Waals surface area contributed by atoms with Crippen LogP contribution in [0.15, 0.2) is 23.1 Å². The summed E-state index contributed by atoms with van der Waals surface area (Å²) in [5.41, 5.74) is 6.11. The molecule has 6 nitrogen and oxygen atoms in total. The fraction of sp³-hybridized carbons (Fsp3) is 0.538. The quantitative estimate of drug-likeness (QED) is 0.823. The van der Waals surface area contributed by atoms with Gasteiger partial charge < -0.3 is 15.2 Å². The molecule has 7 heteroatoms. The number of hydrogen-bond donors (Lipinski definition) is 1. The van der Waals surface area contributed by atoms with Gasteiger partial charge in [0.2, 0.25) is 10.0 Å². The van der Waals surface area contributed by atoms with Crippen molar-refractivity contribution in [2.45, 2.75) is 23.8 Å². The Labute approximate surface area is 119 Å². The van der Waals surface area contributed by atoms with Crippen LogP contribution in [0.4, 0.5) is 5.69 Å². The van der Waals surface area contributed by atoms with Crippen LogP contribution in [0.3, 0.4) is 0 Å². The Morgan fingerprint density at radius 1 is 1.50 bits per heavy atom. The fourth-order valence-corrected chi connectivity index (χ4v) is 3.57. The summed E-state index contributed by atoms with van der Waals surface area (Å²) < 4.78 is 37.0. The molecular formula is C13H20N2O4S. The number of methoxy groups -OCH3 is 1. The van der Waals surface area contributed by atoms with Gasteiger partial charge in [0.05, 0.1) is 13.2 Å². The maximum absolute atomic E-state index is 12.6. The van der Waals surface area contributed by atoms with Gasteiger partial charge in [-0.15, -0.1) is 0 Å². The van der Waals surface area contributed by atoms with Crippen LogP contribution in [-0.2, 0) is 14.8 Å². The van der Waals surface area contributed by atoms with E-state index in [4.69, 9.17) is 15.2 Å². The third kappa shape index (κ3) is 3.05. The van der Waals surface area contributed by atoms with Gasteiger partial charge in [-0.1, -0.05) is 0 Å². The van der Waals surface area contributed by atoms with E-state index in [0.717, 1.165) is 12.8 Å². The van der Waals surface area contributed by atoms with Gasteiger partial charge >= 0.3 is 0 Å². The Kier molecular flexibility index (Phi) is 4.52. The number of hydrogen-bond acceptors (Lipinski definition) is 5. The molecule has 1 aliphatic heterocycles. The van der Waals surface area contributed by atoms with Crippen LogP contribution < -0.4 is 10.5 Å². The molecule has 112 valence electrons. The molecule has 1 aliphatic rings. The summed E-state index contributed by atoms with van der Waals surface area (Å²) in [7, 11) is -0.640. The first-order valence-corrected chi connectivity index (χ1v) is 7.90. The van der Waals surface area contributed by atoms with Crippen molar-refractivity contribution in [3.63, 3.8) is 0 Å². The molecule has 0 aromatic heterocycles. The minimum atomic E-state index is -3.61. The summed E-state index contributed by atoms with van der Waals surface area (Å²) in [6.45, 7) is 1.04. The van der Waals surface area contributed by atoms with Gasteiger partial charge in [-0.3, -0.25) is 0 Å². The van der Waals surface area contributed by atoms with Crippen LogP contribution in [0.5, 0.6) is 5.75 Å². The lowest BCUT2D eigenvalue weighted by molar-refractivity contribution is 0.0978. The Morgan fingerprint density at radius 2 is 2.25 bits per heavy atom. The highest BCUT2D eigenvalue weighted by Crippen LogP contribution is 2.28. The van der Waals surface area contributed by atoms with Crippen molar-refractivity contribution < 1.29 is 17.9 Å². The number of sulfonamides is 1. The predicted octanol–water partition coefficient (Wildman–Crippen LogP) is 1.08. The second-order valence-corrected chi connectivity index (χ2v) is 6.84. The molecule has 0 aliphatic carbocycles. The number of anilines is 1. The second-order valence-electron chi connectivity index (χ2n) is 4.83. The SMILES string of the molecule is COc1cc(N)ccc1S(=O)(=O)N(C)CC1CCCO1. The number of benzene rings is 1. The molecule has 0 amide bonds. The molecule has 1 aromatic rings. The first-order valence-electron chi connectivity index (χ1n) is 6.46. The smallest absolute Gasteiger partial charge is 0.246 e. The summed E-state index contributed by atoms with van der Waals surface area (Å²) in [6.07, 6.45) is 1.83. The zero-order valence-electron chi connectivity index (χ0n) is 11.7. The Morgan fingerprint density at radius 3 is 2.85 bits per heavy atom. The molecule has 1 unspecified atom stereocenters. The molecule has 1 saturated heterocycles. The Hall–Kier alpha value is -1.31. The fourth-order valence-electron chi connectivity index (χ4n) is 2.24. The van der Waals surface area contributed by atoms with E-state index in [9.17, 15) is 8.42 Å². The molecule has 2 rings (SSSR count). The summed E-state index contributed by atoms with van der Waals surface area (Å²) in [5.74, 6) is 0.254. The molecule has 2 N–H and O–H groups in total. The van der Waals surface area contributed by atoms with Crippen LogP contribution in [0.25, 0.3) is 0 Å². The highest BCUT2D eigenvalue weighted by Gasteiger charge is 2.28. The van der Waals surface area contributed by atoms with Crippen LogP contribution in [0, 0.1) is 0 Å². The molecule has 0 radical (unpaired) electrons.